The molecule has 0 spiro atoms. The number of hydrogen-bond donors (Lipinski definition) is 2. The summed E-state index contributed by atoms with van der Waals surface area (Å²) >= 11 is 0. The first-order chi connectivity index (χ1) is 11.5. The van der Waals surface area contributed by atoms with Gasteiger partial charge in [-0.25, -0.2) is 15.0 Å². The van der Waals surface area contributed by atoms with Gasteiger partial charge in [-0.2, -0.15) is 0 Å². The molecule has 0 aliphatic carbocycles. The van der Waals surface area contributed by atoms with Gasteiger partial charge in [-0.15, -0.1) is 0 Å². The Balaban J connectivity index is 2.15. The van der Waals surface area contributed by atoms with Crippen LogP contribution in [-0.2, 0) is 11.4 Å². The van der Waals surface area contributed by atoms with Gasteiger partial charge in [-0.1, -0.05) is 6.07 Å². The maximum atomic E-state index is 11.2. The van der Waals surface area contributed by atoms with E-state index in [1.165, 1.54) is 13.3 Å². The lowest BCUT2D eigenvalue weighted by atomic mass is 10.0. The third-order valence-electron chi connectivity index (χ3n) is 3.77. The number of nitrogens with zero attached hydrogens (tertiary/aromatic N) is 4. The minimum atomic E-state index is -0.168. The van der Waals surface area contributed by atoms with Gasteiger partial charge in [0.2, 0.25) is 5.91 Å². The van der Waals surface area contributed by atoms with Gasteiger partial charge >= 0.3 is 0 Å². The zero-order chi connectivity index (χ0) is 17.3. The van der Waals surface area contributed by atoms with E-state index in [1.807, 2.05) is 10.6 Å². The van der Waals surface area contributed by atoms with Gasteiger partial charge in [0, 0.05) is 24.2 Å². The van der Waals surface area contributed by atoms with Crippen molar-refractivity contribution in [2.24, 2.45) is 0 Å². The topological polar surface area (TPSA) is 92.9 Å². The molecule has 0 aliphatic heterocycles. The quantitative estimate of drug-likeness (QED) is 0.769. The van der Waals surface area contributed by atoms with E-state index in [-0.39, 0.29) is 18.6 Å². The second-order valence-corrected chi connectivity index (χ2v) is 5.85. The molecule has 0 saturated heterocycles. The van der Waals surface area contributed by atoms with Crippen molar-refractivity contribution in [1.82, 2.24) is 19.5 Å². The summed E-state index contributed by atoms with van der Waals surface area (Å²) in [5, 5.41) is 12.4. The number of anilines is 1. The number of aliphatic hydroxyl groups is 1. The van der Waals surface area contributed by atoms with E-state index in [0.29, 0.717) is 22.5 Å². The zero-order valence-corrected chi connectivity index (χ0v) is 13.8. The van der Waals surface area contributed by atoms with Gasteiger partial charge in [-0.3, -0.25) is 4.79 Å². The normalized spacial score (nSPS) is 11.2. The molecule has 2 heterocycles. The number of aromatic nitrogens is 4. The summed E-state index contributed by atoms with van der Waals surface area (Å²) in [5.74, 6) is -0.160. The van der Waals surface area contributed by atoms with E-state index in [2.05, 4.69) is 34.1 Å². The molecule has 2 aromatic heterocycles. The highest BCUT2D eigenvalue weighted by Gasteiger charge is 2.16. The summed E-state index contributed by atoms with van der Waals surface area (Å²) < 4.78 is 1.98. The smallest absolute Gasteiger partial charge is 0.221 e. The van der Waals surface area contributed by atoms with Gasteiger partial charge in [0.1, 0.15) is 17.5 Å². The van der Waals surface area contributed by atoms with Gasteiger partial charge in [-0.05, 0) is 31.5 Å². The number of aliphatic hydroxyl groups excluding tert-OH is 1. The van der Waals surface area contributed by atoms with Crippen LogP contribution >= 0.6 is 0 Å². The highest BCUT2D eigenvalue weighted by atomic mass is 16.3. The Morgan fingerprint density at radius 1 is 1.29 bits per heavy atom. The molecule has 0 unspecified atom stereocenters. The summed E-state index contributed by atoms with van der Waals surface area (Å²) in [7, 11) is 0. The van der Waals surface area contributed by atoms with Crippen LogP contribution in [0.5, 0.6) is 0 Å². The predicted octanol–water partition coefficient (Wildman–Crippen LogP) is 2.52. The SMILES string of the molecule is CC(=O)Nc1ccc(-c2ncnc3c2ncn3C(C)C)c(CO)c1. The fraction of sp³-hybridized carbons (Fsp3) is 0.294. The van der Waals surface area contributed by atoms with Crippen LogP contribution in [0.1, 0.15) is 32.4 Å². The monoisotopic (exact) mass is 325 g/mol. The Morgan fingerprint density at radius 2 is 2.08 bits per heavy atom. The van der Waals surface area contributed by atoms with Crippen molar-refractivity contribution < 1.29 is 9.90 Å². The fourth-order valence-electron chi connectivity index (χ4n) is 2.66. The summed E-state index contributed by atoms with van der Waals surface area (Å²) in [4.78, 5) is 24.3. The molecular formula is C17H19N5O2. The van der Waals surface area contributed by atoms with Crippen molar-refractivity contribution in [3.63, 3.8) is 0 Å². The van der Waals surface area contributed by atoms with Gasteiger partial charge in [0.15, 0.2) is 5.65 Å². The third-order valence-corrected chi connectivity index (χ3v) is 3.77. The highest BCUT2D eigenvalue weighted by molar-refractivity contribution is 5.91. The highest BCUT2D eigenvalue weighted by Crippen LogP contribution is 2.30. The molecule has 7 nitrogen and oxygen atoms in total. The number of fused-ring (bicyclic) bond motifs is 1. The summed E-state index contributed by atoms with van der Waals surface area (Å²) in [6, 6.07) is 5.58. The van der Waals surface area contributed by atoms with Crippen molar-refractivity contribution in [1.29, 1.82) is 0 Å². The molecule has 0 aliphatic rings. The van der Waals surface area contributed by atoms with Gasteiger partial charge < -0.3 is 15.0 Å². The van der Waals surface area contributed by atoms with Crippen LogP contribution in [0.2, 0.25) is 0 Å². The zero-order valence-electron chi connectivity index (χ0n) is 13.8. The summed E-state index contributed by atoms with van der Waals surface area (Å²) in [5.41, 5.74) is 4.18. The number of hydrogen-bond acceptors (Lipinski definition) is 5. The van der Waals surface area contributed by atoms with Crippen LogP contribution in [-0.4, -0.2) is 30.5 Å². The number of imidazole rings is 1. The lowest BCUT2D eigenvalue weighted by Gasteiger charge is -2.11. The molecule has 24 heavy (non-hydrogen) atoms. The molecule has 2 N–H and O–H groups in total. The maximum Gasteiger partial charge on any atom is 0.221 e. The lowest BCUT2D eigenvalue weighted by molar-refractivity contribution is -0.114. The van der Waals surface area contributed by atoms with Crippen molar-refractivity contribution in [3.8, 4) is 11.3 Å². The number of rotatable bonds is 4. The van der Waals surface area contributed by atoms with Crippen molar-refractivity contribution in [2.75, 3.05) is 5.32 Å². The maximum absolute atomic E-state index is 11.2. The minimum Gasteiger partial charge on any atom is -0.392 e. The summed E-state index contributed by atoms with van der Waals surface area (Å²) in [6.07, 6.45) is 3.25. The van der Waals surface area contributed by atoms with E-state index < -0.39 is 0 Å². The predicted molar refractivity (Wildman–Crippen MR) is 91.4 cm³/mol. The van der Waals surface area contributed by atoms with E-state index in [4.69, 9.17) is 0 Å². The average molecular weight is 325 g/mol. The van der Waals surface area contributed by atoms with E-state index in [1.54, 1.807) is 18.5 Å². The molecule has 1 amide bonds. The fourth-order valence-corrected chi connectivity index (χ4v) is 2.66. The molecule has 124 valence electrons. The Labute approximate surface area is 139 Å². The Bertz CT molecular complexity index is 901. The Hall–Kier alpha value is -2.80. The van der Waals surface area contributed by atoms with Gasteiger partial charge in [0.05, 0.1) is 12.9 Å². The molecule has 0 radical (unpaired) electrons. The second kappa shape index (κ2) is 6.37. The van der Waals surface area contributed by atoms with Gasteiger partial charge in [0.25, 0.3) is 0 Å². The first-order valence-corrected chi connectivity index (χ1v) is 7.70. The van der Waals surface area contributed by atoms with E-state index >= 15 is 0 Å². The molecule has 3 aromatic rings. The third kappa shape index (κ3) is 2.85. The van der Waals surface area contributed by atoms with E-state index in [9.17, 15) is 9.90 Å². The standard InChI is InChI=1S/C17H19N5O2/c1-10(2)22-9-20-16-15(18-8-19-17(16)22)14-5-4-13(21-11(3)24)6-12(14)7-23/h4-6,8-10,23H,7H2,1-3H3,(H,21,24). The van der Waals surface area contributed by atoms with Crippen LogP contribution < -0.4 is 5.32 Å². The first kappa shape index (κ1) is 16.1. The lowest BCUT2D eigenvalue weighted by Crippen LogP contribution is -2.06. The number of carbonyl (C=O) groups is 1. The van der Waals surface area contributed by atoms with Crippen molar-refractivity contribution in [3.05, 3.63) is 36.4 Å². The number of benzene rings is 1. The van der Waals surface area contributed by atoms with Crippen LogP contribution in [0.25, 0.3) is 22.4 Å². The first-order valence-electron chi connectivity index (χ1n) is 7.70. The number of carbonyl (C=O) groups excluding carboxylic acids is 1. The van der Waals surface area contributed by atoms with Crippen LogP contribution in [0.4, 0.5) is 5.69 Å². The number of nitrogens with one attached hydrogen (secondary N) is 1. The van der Waals surface area contributed by atoms with Crippen LogP contribution in [0.3, 0.4) is 0 Å². The summed E-state index contributed by atoms with van der Waals surface area (Å²) in [6.45, 7) is 5.40. The van der Waals surface area contributed by atoms with Crippen LogP contribution in [0, 0.1) is 0 Å². The molecule has 0 bridgehead atoms. The minimum absolute atomic E-state index is 0.160. The molecule has 7 heteroatoms. The van der Waals surface area contributed by atoms with Crippen molar-refractivity contribution >= 4 is 22.8 Å². The molecule has 0 saturated carbocycles. The molecule has 1 aromatic carbocycles. The molecular weight excluding hydrogens is 306 g/mol. The molecule has 0 fully saturated rings. The average Bonchev–Trinajstić information content (AvgIpc) is 2.98. The number of amides is 1. The molecule has 3 rings (SSSR count). The van der Waals surface area contributed by atoms with Crippen molar-refractivity contribution in [2.45, 2.75) is 33.4 Å². The molecule has 0 atom stereocenters. The Kier molecular flexibility index (Phi) is 4.26. The second-order valence-electron chi connectivity index (χ2n) is 5.85. The van der Waals surface area contributed by atoms with Crippen LogP contribution in [0.15, 0.2) is 30.9 Å². The van der Waals surface area contributed by atoms with E-state index in [0.717, 1.165) is 11.2 Å². The Morgan fingerprint density at radius 3 is 2.75 bits per heavy atom. The largest absolute Gasteiger partial charge is 0.392 e.